The van der Waals surface area contributed by atoms with Crippen LogP contribution >= 0.6 is 0 Å². The van der Waals surface area contributed by atoms with Gasteiger partial charge in [0.2, 0.25) is 5.88 Å². The Morgan fingerprint density at radius 3 is 2.40 bits per heavy atom. The second-order valence-electron chi connectivity index (χ2n) is 9.11. The monoisotopic (exact) mass is 549 g/mol. The fourth-order valence-corrected chi connectivity index (χ4v) is 4.08. The van der Waals surface area contributed by atoms with Gasteiger partial charge in [-0.1, -0.05) is 42.5 Å². The molecule has 1 aliphatic rings. The maximum atomic E-state index is 12.6. The highest BCUT2D eigenvalue weighted by molar-refractivity contribution is 6.08. The van der Waals surface area contributed by atoms with E-state index in [2.05, 4.69) is 32.9 Å². The normalized spacial score (nSPS) is 15.8. The summed E-state index contributed by atoms with van der Waals surface area (Å²) in [7, 11) is 3.69. The number of aromatic nitrogens is 2. The van der Waals surface area contributed by atoms with E-state index >= 15 is 0 Å². The van der Waals surface area contributed by atoms with Crippen molar-refractivity contribution in [3.63, 3.8) is 0 Å². The van der Waals surface area contributed by atoms with Crippen molar-refractivity contribution in [3.8, 4) is 11.6 Å². The van der Waals surface area contributed by atoms with Gasteiger partial charge >= 0.3 is 6.18 Å². The van der Waals surface area contributed by atoms with Crippen LogP contribution in [-0.2, 0) is 6.18 Å². The summed E-state index contributed by atoms with van der Waals surface area (Å²) < 4.78 is 43.3. The number of ether oxygens (including phenoxy) is 1. The van der Waals surface area contributed by atoms with Crippen molar-refractivity contribution < 1.29 is 17.9 Å². The van der Waals surface area contributed by atoms with E-state index in [4.69, 9.17) is 10.5 Å². The van der Waals surface area contributed by atoms with Crippen LogP contribution in [0.15, 0.2) is 84.3 Å². The molecule has 210 valence electrons. The second-order valence-corrected chi connectivity index (χ2v) is 9.11. The van der Waals surface area contributed by atoms with Crippen LogP contribution < -0.4 is 15.8 Å². The lowest BCUT2D eigenvalue weighted by Crippen LogP contribution is -2.27. The molecule has 0 aliphatic heterocycles. The van der Waals surface area contributed by atoms with Gasteiger partial charge in [-0.05, 0) is 68.1 Å². The number of hydrogen-bond donors (Lipinski definition) is 2. The molecule has 1 aromatic carbocycles. The van der Waals surface area contributed by atoms with Crippen molar-refractivity contribution in [2.45, 2.75) is 37.9 Å². The molecule has 9 heteroatoms. The zero-order valence-electron chi connectivity index (χ0n) is 22.7. The molecule has 4 rings (SSSR count). The largest absolute Gasteiger partial charge is 0.439 e. The number of nitrogens with zero attached hydrogens (tertiary/aromatic N) is 3. The highest BCUT2D eigenvalue weighted by Gasteiger charge is 2.30. The summed E-state index contributed by atoms with van der Waals surface area (Å²) in [4.78, 5) is 11.9. The van der Waals surface area contributed by atoms with Gasteiger partial charge < -0.3 is 15.8 Å². The molecule has 0 amide bonds. The first kappa shape index (κ1) is 30.3. The third-order valence-corrected chi connectivity index (χ3v) is 6.32. The minimum Gasteiger partial charge on any atom is -0.439 e. The number of allylic oxidation sites excluding steroid dienone is 2. The van der Waals surface area contributed by atoms with Gasteiger partial charge in [0.05, 0.1) is 11.3 Å². The van der Waals surface area contributed by atoms with Crippen LogP contribution in [0, 0.1) is 0 Å². The Balaban J connectivity index is 0.000000267. The summed E-state index contributed by atoms with van der Waals surface area (Å²) >= 11 is 0. The first-order chi connectivity index (χ1) is 19.2. The number of benzene rings is 1. The standard InChI is InChI=1S/C20H21F3N2O.C11H13N3/c1-24-17-8-5-14(6-9-17)11-15-3-2-4-18(12-15)26-19-10-7-16(13-25-19)20(21,22)23;1-3-9-4-5-11(14-7-9)10(6-12)8-13-2/h2-4,7,10-13,17,24H,5-6,8-9H2,1H3;3-8H,1,12H2,2H3/b;10-6+,13-8?. The number of alkyl halides is 3. The second kappa shape index (κ2) is 14.8. The molecule has 0 spiro atoms. The Labute approximate surface area is 233 Å². The van der Waals surface area contributed by atoms with Crippen LogP contribution in [-0.4, -0.2) is 36.3 Å². The molecular weight excluding hydrogens is 515 g/mol. The van der Waals surface area contributed by atoms with Crippen molar-refractivity contribution in [1.82, 2.24) is 15.3 Å². The minimum atomic E-state index is -4.40. The van der Waals surface area contributed by atoms with Gasteiger partial charge in [0, 0.05) is 49.5 Å². The Bertz CT molecular complexity index is 1320. The molecule has 0 atom stereocenters. The molecule has 0 radical (unpaired) electrons. The lowest BCUT2D eigenvalue weighted by Gasteiger charge is -2.23. The molecule has 2 heterocycles. The van der Waals surface area contributed by atoms with Crippen LogP contribution in [0.1, 0.15) is 48.1 Å². The number of aliphatic imine (C=N–C) groups is 1. The molecule has 1 fully saturated rings. The summed E-state index contributed by atoms with van der Waals surface area (Å²) in [5.41, 5.74) is 9.68. The quantitative estimate of drug-likeness (QED) is 0.306. The predicted molar refractivity (Wildman–Crippen MR) is 156 cm³/mol. The molecule has 3 aromatic rings. The lowest BCUT2D eigenvalue weighted by molar-refractivity contribution is -0.137. The lowest BCUT2D eigenvalue weighted by atomic mass is 9.90. The van der Waals surface area contributed by atoms with E-state index < -0.39 is 11.7 Å². The molecule has 40 heavy (non-hydrogen) atoms. The number of rotatable bonds is 7. The smallest absolute Gasteiger partial charge is 0.417 e. The average Bonchev–Trinajstić information content (AvgIpc) is 2.97. The van der Waals surface area contributed by atoms with Crippen molar-refractivity contribution in [1.29, 1.82) is 0 Å². The van der Waals surface area contributed by atoms with Gasteiger partial charge in [-0.15, -0.1) is 0 Å². The molecule has 1 saturated carbocycles. The van der Waals surface area contributed by atoms with Crippen LogP contribution in [0.5, 0.6) is 11.6 Å². The fourth-order valence-electron chi connectivity index (χ4n) is 4.08. The first-order valence-corrected chi connectivity index (χ1v) is 12.9. The number of hydrogen-bond acceptors (Lipinski definition) is 6. The third kappa shape index (κ3) is 9.20. The van der Waals surface area contributed by atoms with Crippen LogP contribution in [0.25, 0.3) is 17.7 Å². The van der Waals surface area contributed by atoms with Gasteiger partial charge in [0.1, 0.15) is 5.75 Å². The maximum Gasteiger partial charge on any atom is 0.417 e. The summed E-state index contributed by atoms with van der Waals surface area (Å²) in [6.45, 7) is 3.66. The number of pyridine rings is 2. The Hall–Kier alpha value is -4.24. The van der Waals surface area contributed by atoms with Gasteiger partial charge in [0.25, 0.3) is 0 Å². The van der Waals surface area contributed by atoms with Crippen LogP contribution in [0.4, 0.5) is 13.2 Å². The molecule has 2 aromatic heterocycles. The molecule has 0 unspecified atom stereocenters. The number of nitrogens with two attached hydrogens (primary N) is 1. The summed E-state index contributed by atoms with van der Waals surface area (Å²) in [6, 6.07) is 14.1. The molecular formula is C31H34F3N5O. The van der Waals surface area contributed by atoms with Gasteiger partial charge in [-0.2, -0.15) is 13.2 Å². The topological polar surface area (TPSA) is 85.4 Å². The maximum absolute atomic E-state index is 12.6. The SMILES string of the molecule is C=Cc1ccc(/C(C=NC)=C/N)nc1.CNC1CCC(=Cc2cccc(Oc3ccc(C(F)(F)F)cn3)c2)CC1. The van der Waals surface area contributed by atoms with E-state index in [-0.39, 0.29) is 5.88 Å². The van der Waals surface area contributed by atoms with E-state index in [1.807, 2.05) is 37.4 Å². The Kier molecular flexibility index (Phi) is 11.2. The molecule has 3 N–H and O–H groups in total. The molecule has 0 bridgehead atoms. The number of nitrogens with one attached hydrogen (secondary N) is 1. The zero-order chi connectivity index (χ0) is 29.0. The summed E-state index contributed by atoms with van der Waals surface area (Å²) in [5.74, 6) is 0.688. The number of halogens is 3. The van der Waals surface area contributed by atoms with Gasteiger partial charge in [-0.3, -0.25) is 9.98 Å². The third-order valence-electron chi connectivity index (χ3n) is 6.32. The van der Waals surface area contributed by atoms with Gasteiger partial charge in [0.15, 0.2) is 0 Å². The Morgan fingerprint density at radius 1 is 1.07 bits per heavy atom. The Morgan fingerprint density at radius 2 is 1.85 bits per heavy atom. The van der Waals surface area contributed by atoms with E-state index in [1.54, 1.807) is 31.6 Å². The summed E-state index contributed by atoms with van der Waals surface area (Å²) in [6.07, 6.45) is 9.60. The van der Waals surface area contributed by atoms with Crippen molar-refractivity contribution in [3.05, 3.63) is 102 Å². The van der Waals surface area contributed by atoms with Crippen molar-refractivity contribution in [2.75, 3.05) is 14.1 Å². The first-order valence-electron chi connectivity index (χ1n) is 12.9. The van der Waals surface area contributed by atoms with E-state index in [1.165, 1.54) is 17.8 Å². The molecule has 6 nitrogen and oxygen atoms in total. The minimum absolute atomic E-state index is 0.136. The zero-order valence-corrected chi connectivity index (χ0v) is 22.7. The van der Waals surface area contributed by atoms with Crippen LogP contribution in [0.2, 0.25) is 0 Å². The highest BCUT2D eigenvalue weighted by Crippen LogP contribution is 2.31. The van der Waals surface area contributed by atoms with E-state index in [0.29, 0.717) is 11.8 Å². The molecule has 0 saturated heterocycles. The highest BCUT2D eigenvalue weighted by atomic mass is 19.4. The summed E-state index contributed by atoms with van der Waals surface area (Å²) in [5, 5.41) is 3.31. The predicted octanol–water partition coefficient (Wildman–Crippen LogP) is 7.16. The molecule has 1 aliphatic carbocycles. The fraction of sp³-hybridized carbons (Fsp3) is 0.258. The average molecular weight is 550 g/mol. The van der Waals surface area contributed by atoms with Crippen LogP contribution in [0.3, 0.4) is 0 Å². The van der Waals surface area contributed by atoms with Gasteiger partial charge in [-0.25, -0.2) is 4.98 Å². The van der Waals surface area contributed by atoms with Crippen molar-refractivity contribution >= 4 is 23.9 Å². The van der Waals surface area contributed by atoms with E-state index in [0.717, 1.165) is 60.3 Å². The van der Waals surface area contributed by atoms with E-state index in [9.17, 15) is 13.2 Å². The van der Waals surface area contributed by atoms with Crippen molar-refractivity contribution in [2.24, 2.45) is 10.7 Å².